The fraction of sp³-hybridized carbons (Fsp3) is 0.429. The summed E-state index contributed by atoms with van der Waals surface area (Å²) in [6.45, 7) is 3.86. The number of carbonyl (C=O) groups excluding carboxylic acids is 1. The molecule has 2 heterocycles. The van der Waals surface area contributed by atoms with E-state index in [1.54, 1.807) is 4.68 Å². The normalized spacial score (nSPS) is 14.9. The maximum absolute atomic E-state index is 12.7. The van der Waals surface area contributed by atoms with Crippen molar-refractivity contribution in [2.75, 3.05) is 5.32 Å². The number of aromatic nitrogens is 5. The van der Waals surface area contributed by atoms with E-state index in [-0.39, 0.29) is 5.91 Å². The summed E-state index contributed by atoms with van der Waals surface area (Å²) in [5.41, 5.74) is 4.08. The van der Waals surface area contributed by atoms with Gasteiger partial charge >= 0.3 is 0 Å². The lowest BCUT2D eigenvalue weighted by molar-refractivity contribution is 0.102. The van der Waals surface area contributed by atoms with Gasteiger partial charge in [0.05, 0.1) is 11.4 Å². The molecule has 1 aliphatic carbocycles. The van der Waals surface area contributed by atoms with E-state index in [0.717, 1.165) is 23.4 Å². The van der Waals surface area contributed by atoms with Crippen LogP contribution < -0.4 is 5.32 Å². The Hall–Kier alpha value is -2.96. The summed E-state index contributed by atoms with van der Waals surface area (Å²) in [6.07, 6.45) is 7.54. The summed E-state index contributed by atoms with van der Waals surface area (Å²) in [5, 5.41) is 18.4. The number of hydrogen-bond acceptors (Lipinski definition) is 4. The van der Waals surface area contributed by atoms with Crippen LogP contribution in [0.3, 0.4) is 0 Å². The lowest BCUT2D eigenvalue weighted by Gasteiger charge is -2.20. The third-order valence-corrected chi connectivity index (χ3v) is 5.46. The van der Waals surface area contributed by atoms with Crippen molar-refractivity contribution in [3.8, 4) is 5.69 Å². The Bertz CT molecular complexity index is 967. The number of anilines is 1. The fourth-order valence-electron chi connectivity index (χ4n) is 3.95. The smallest absolute Gasteiger partial charge is 0.279 e. The first kappa shape index (κ1) is 18.4. The molecule has 1 amide bonds. The summed E-state index contributed by atoms with van der Waals surface area (Å²) in [6, 6.07) is 9.86. The van der Waals surface area contributed by atoms with E-state index < -0.39 is 0 Å². The van der Waals surface area contributed by atoms with Crippen LogP contribution in [0.15, 0.2) is 30.3 Å². The average molecular weight is 378 g/mol. The summed E-state index contributed by atoms with van der Waals surface area (Å²) in [5.74, 6) is 0.946. The second-order valence-electron chi connectivity index (χ2n) is 7.71. The maximum Gasteiger partial charge on any atom is 0.279 e. The number of carbonyl (C=O) groups is 1. The highest BCUT2D eigenvalue weighted by Gasteiger charge is 2.19. The standard InChI is InChI=1S/C21H26N6O/c1-14-7-6-10-18(11-14)27-15(2)20(25-26-27)21(28)22-19-13-17(23-24-19)12-16-8-4-3-5-9-16/h6-7,10-11,13,16H,3-5,8-9,12H2,1-2H3,(H2,22,23,24,28). The maximum atomic E-state index is 12.7. The van der Waals surface area contributed by atoms with Crippen LogP contribution in [0.25, 0.3) is 5.69 Å². The van der Waals surface area contributed by atoms with Gasteiger partial charge in [-0.1, -0.05) is 49.5 Å². The highest BCUT2D eigenvalue weighted by atomic mass is 16.2. The Labute approximate surface area is 164 Å². The lowest BCUT2D eigenvalue weighted by atomic mass is 9.86. The van der Waals surface area contributed by atoms with Gasteiger partial charge in [0, 0.05) is 11.8 Å². The van der Waals surface area contributed by atoms with Gasteiger partial charge in [0.15, 0.2) is 11.5 Å². The molecule has 1 saturated carbocycles. The van der Waals surface area contributed by atoms with Crippen LogP contribution >= 0.6 is 0 Å². The van der Waals surface area contributed by atoms with E-state index in [1.165, 1.54) is 32.1 Å². The van der Waals surface area contributed by atoms with Crippen molar-refractivity contribution in [1.29, 1.82) is 0 Å². The van der Waals surface area contributed by atoms with Crippen molar-refractivity contribution in [1.82, 2.24) is 25.2 Å². The van der Waals surface area contributed by atoms with Crippen LogP contribution in [0.2, 0.25) is 0 Å². The fourth-order valence-corrected chi connectivity index (χ4v) is 3.95. The van der Waals surface area contributed by atoms with Crippen molar-refractivity contribution in [2.24, 2.45) is 5.92 Å². The second kappa shape index (κ2) is 7.96. The summed E-state index contributed by atoms with van der Waals surface area (Å²) in [7, 11) is 0. The van der Waals surface area contributed by atoms with E-state index in [9.17, 15) is 4.79 Å². The molecule has 0 saturated heterocycles. The SMILES string of the molecule is Cc1cccc(-n2nnc(C(=O)Nc3cc(CC4CCCCC4)[nH]n3)c2C)c1. The molecule has 1 fully saturated rings. The Morgan fingerprint density at radius 1 is 1.21 bits per heavy atom. The predicted molar refractivity (Wildman–Crippen MR) is 108 cm³/mol. The zero-order valence-electron chi connectivity index (χ0n) is 16.4. The van der Waals surface area contributed by atoms with Crippen LogP contribution in [-0.4, -0.2) is 31.1 Å². The summed E-state index contributed by atoms with van der Waals surface area (Å²) < 4.78 is 1.68. The molecule has 0 spiro atoms. The van der Waals surface area contributed by atoms with Crippen LogP contribution in [0.1, 0.15) is 59.5 Å². The van der Waals surface area contributed by atoms with E-state index in [0.29, 0.717) is 23.1 Å². The highest BCUT2D eigenvalue weighted by molar-refractivity contribution is 6.03. The Morgan fingerprint density at radius 3 is 2.82 bits per heavy atom. The molecule has 1 aromatic carbocycles. The van der Waals surface area contributed by atoms with E-state index in [1.807, 2.05) is 44.2 Å². The third kappa shape index (κ3) is 3.98. The van der Waals surface area contributed by atoms with Gasteiger partial charge < -0.3 is 5.32 Å². The second-order valence-corrected chi connectivity index (χ2v) is 7.71. The van der Waals surface area contributed by atoms with Gasteiger partial charge in [-0.05, 0) is 43.9 Å². The first-order valence-corrected chi connectivity index (χ1v) is 9.95. The van der Waals surface area contributed by atoms with E-state index in [2.05, 4.69) is 25.8 Å². The monoisotopic (exact) mass is 378 g/mol. The minimum atomic E-state index is -0.299. The predicted octanol–water partition coefficient (Wildman–Crippen LogP) is 3.98. The molecule has 28 heavy (non-hydrogen) atoms. The van der Waals surface area contributed by atoms with Gasteiger partial charge in [0.1, 0.15) is 0 Å². The first-order valence-electron chi connectivity index (χ1n) is 9.95. The number of nitrogens with one attached hydrogen (secondary N) is 2. The molecule has 0 aliphatic heterocycles. The van der Waals surface area contributed by atoms with Gasteiger partial charge in [0.2, 0.25) is 0 Å². The van der Waals surface area contributed by atoms with E-state index >= 15 is 0 Å². The molecule has 2 aromatic heterocycles. The van der Waals surface area contributed by atoms with Crippen LogP contribution in [0.4, 0.5) is 5.82 Å². The zero-order valence-corrected chi connectivity index (χ0v) is 16.4. The molecule has 0 atom stereocenters. The number of hydrogen-bond donors (Lipinski definition) is 2. The lowest BCUT2D eigenvalue weighted by Crippen LogP contribution is -2.14. The molecule has 2 N–H and O–H groups in total. The van der Waals surface area contributed by atoms with Crippen LogP contribution in [0, 0.1) is 19.8 Å². The number of H-pyrrole nitrogens is 1. The molecule has 7 heteroatoms. The highest BCUT2D eigenvalue weighted by Crippen LogP contribution is 2.26. The largest absolute Gasteiger partial charge is 0.304 e. The van der Waals surface area contributed by atoms with Gasteiger partial charge in [0.25, 0.3) is 5.91 Å². The van der Waals surface area contributed by atoms with Gasteiger partial charge in [-0.15, -0.1) is 5.10 Å². The quantitative estimate of drug-likeness (QED) is 0.703. The van der Waals surface area contributed by atoms with Gasteiger partial charge in [-0.2, -0.15) is 5.10 Å². The number of nitrogens with zero attached hydrogens (tertiary/aromatic N) is 4. The molecule has 0 unspecified atom stereocenters. The van der Waals surface area contributed by atoms with Crippen LogP contribution in [0.5, 0.6) is 0 Å². The average Bonchev–Trinajstić information content (AvgIpc) is 3.29. The summed E-state index contributed by atoms with van der Waals surface area (Å²) in [4.78, 5) is 12.7. The minimum Gasteiger partial charge on any atom is -0.304 e. The molecule has 4 rings (SSSR count). The Kier molecular flexibility index (Phi) is 5.23. The molecular weight excluding hydrogens is 352 g/mol. The topological polar surface area (TPSA) is 88.5 Å². The van der Waals surface area contributed by atoms with Crippen molar-refractivity contribution in [3.63, 3.8) is 0 Å². The van der Waals surface area contributed by atoms with Crippen molar-refractivity contribution in [3.05, 3.63) is 53.0 Å². The van der Waals surface area contributed by atoms with Crippen molar-refractivity contribution in [2.45, 2.75) is 52.4 Å². The Morgan fingerprint density at radius 2 is 2.04 bits per heavy atom. The van der Waals surface area contributed by atoms with Gasteiger partial charge in [-0.25, -0.2) is 4.68 Å². The number of benzene rings is 1. The molecule has 3 aromatic rings. The molecule has 146 valence electrons. The van der Waals surface area contributed by atoms with Crippen LogP contribution in [-0.2, 0) is 6.42 Å². The molecule has 0 radical (unpaired) electrons. The van der Waals surface area contributed by atoms with E-state index in [4.69, 9.17) is 0 Å². The van der Waals surface area contributed by atoms with Crippen molar-refractivity contribution >= 4 is 11.7 Å². The molecule has 0 bridgehead atoms. The first-order chi connectivity index (χ1) is 13.6. The number of aryl methyl sites for hydroxylation is 1. The third-order valence-electron chi connectivity index (χ3n) is 5.46. The number of rotatable bonds is 5. The number of amides is 1. The number of aromatic amines is 1. The Balaban J connectivity index is 1.44. The van der Waals surface area contributed by atoms with Gasteiger partial charge in [-0.3, -0.25) is 9.89 Å². The zero-order chi connectivity index (χ0) is 19.5. The van der Waals surface area contributed by atoms with Crippen molar-refractivity contribution < 1.29 is 4.79 Å². The minimum absolute atomic E-state index is 0.299. The summed E-state index contributed by atoms with van der Waals surface area (Å²) >= 11 is 0. The molecule has 1 aliphatic rings. The molecular formula is C21H26N6O. The molecule has 7 nitrogen and oxygen atoms in total.